The Hall–Kier alpha value is -4.97. The van der Waals surface area contributed by atoms with Gasteiger partial charge in [0.05, 0.1) is 12.7 Å². The Morgan fingerprint density at radius 1 is 1.13 bits per heavy atom. The lowest BCUT2D eigenvalue weighted by atomic mass is 9.93. The van der Waals surface area contributed by atoms with Gasteiger partial charge in [0.25, 0.3) is 0 Å². The fourth-order valence-electron chi connectivity index (χ4n) is 3.96. The molecule has 38 heavy (non-hydrogen) atoms. The molecule has 0 radical (unpaired) electrons. The van der Waals surface area contributed by atoms with E-state index in [0.717, 1.165) is 16.7 Å². The van der Waals surface area contributed by atoms with Gasteiger partial charge in [-0.15, -0.1) is 10.2 Å². The highest BCUT2D eigenvalue weighted by atomic mass is 16.7. The molecule has 0 unspecified atom stereocenters. The standard InChI is InChI=1S/C26H24N6O6/c1-15-19(4-3-11-27-22(34)13-33)23(16-5-7-17(35-2)8-6-16)24(25-29-31-32-30-25)26(28-15)38-18-9-10-20-21(12-18)37-14-36-20/h3-10,12,33H,11,13-14H2,1-2H3,(H,27,34)(H,29,30,31,32). The van der Waals surface area contributed by atoms with Crippen LogP contribution in [-0.4, -0.2) is 63.7 Å². The predicted molar refractivity (Wildman–Crippen MR) is 136 cm³/mol. The number of hydrogen-bond acceptors (Lipinski definition) is 10. The van der Waals surface area contributed by atoms with Gasteiger partial charge in [-0.25, -0.2) is 4.98 Å². The highest BCUT2D eigenvalue weighted by molar-refractivity contribution is 5.91. The first-order valence-corrected chi connectivity index (χ1v) is 11.6. The molecule has 0 spiro atoms. The normalized spacial score (nSPS) is 12.1. The molecule has 1 amide bonds. The zero-order chi connectivity index (χ0) is 26.5. The van der Waals surface area contributed by atoms with Gasteiger partial charge in [-0.2, -0.15) is 5.21 Å². The van der Waals surface area contributed by atoms with E-state index in [2.05, 4.69) is 25.9 Å². The molecule has 0 bridgehead atoms. The molecule has 12 heteroatoms. The third-order valence-electron chi connectivity index (χ3n) is 5.74. The number of methoxy groups -OCH3 is 1. The largest absolute Gasteiger partial charge is 0.497 e. The Bertz CT molecular complexity index is 1470. The summed E-state index contributed by atoms with van der Waals surface area (Å²) in [6.45, 7) is 1.63. The minimum absolute atomic E-state index is 0.145. The van der Waals surface area contributed by atoms with Crippen LogP contribution in [0.3, 0.4) is 0 Å². The number of benzene rings is 2. The van der Waals surface area contributed by atoms with Gasteiger partial charge >= 0.3 is 0 Å². The van der Waals surface area contributed by atoms with Gasteiger partial charge in [0.15, 0.2) is 11.5 Å². The van der Waals surface area contributed by atoms with E-state index < -0.39 is 12.5 Å². The maximum Gasteiger partial charge on any atom is 0.245 e. The number of ether oxygens (including phenoxy) is 4. The molecule has 2 aromatic carbocycles. The monoisotopic (exact) mass is 516 g/mol. The average molecular weight is 517 g/mol. The molecular formula is C26H24N6O6. The molecule has 1 aliphatic heterocycles. The van der Waals surface area contributed by atoms with E-state index in [0.29, 0.717) is 34.3 Å². The molecule has 3 heterocycles. The van der Waals surface area contributed by atoms with Crippen LogP contribution >= 0.6 is 0 Å². The van der Waals surface area contributed by atoms with E-state index in [-0.39, 0.29) is 25.0 Å². The second-order valence-corrected chi connectivity index (χ2v) is 8.11. The van der Waals surface area contributed by atoms with Gasteiger partial charge in [-0.3, -0.25) is 4.79 Å². The van der Waals surface area contributed by atoms with Crippen molar-refractivity contribution < 1.29 is 28.8 Å². The summed E-state index contributed by atoms with van der Waals surface area (Å²) in [5, 5.41) is 26.3. The summed E-state index contributed by atoms with van der Waals surface area (Å²) in [5.41, 5.74) is 3.48. The van der Waals surface area contributed by atoms with Gasteiger partial charge in [0.1, 0.15) is 18.1 Å². The van der Waals surface area contributed by atoms with Crippen LogP contribution < -0.4 is 24.3 Å². The zero-order valence-corrected chi connectivity index (χ0v) is 20.6. The zero-order valence-electron chi connectivity index (χ0n) is 20.6. The van der Waals surface area contributed by atoms with Crippen LogP contribution in [0.25, 0.3) is 28.6 Å². The number of carbonyl (C=O) groups excluding carboxylic acids is 1. The molecule has 0 saturated heterocycles. The molecule has 1 aliphatic rings. The molecule has 0 atom stereocenters. The third-order valence-corrected chi connectivity index (χ3v) is 5.74. The Balaban J connectivity index is 1.66. The number of aliphatic hydroxyl groups is 1. The molecule has 0 saturated carbocycles. The number of H-pyrrole nitrogens is 1. The van der Waals surface area contributed by atoms with Crippen molar-refractivity contribution in [3.05, 3.63) is 59.8 Å². The third kappa shape index (κ3) is 5.11. The summed E-state index contributed by atoms with van der Waals surface area (Å²) >= 11 is 0. The van der Waals surface area contributed by atoms with Crippen LogP contribution in [0.5, 0.6) is 28.9 Å². The van der Waals surface area contributed by atoms with Crippen molar-refractivity contribution in [1.82, 2.24) is 30.9 Å². The lowest BCUT2D eigenvalue weighted by Crippen LogP contribution is -2.25. The fourth-order valence-corrected chi connectivity index (χ4v) is 3.96. The lowest BCUT2D eigenvalue weighted by Gasteiger charge is -2.18. The van der Waals surface area contributed by atoms with Crippen LogP contribution in [0.1, 0.15) is 11.3 Å². The number of rotatable bonds is 9. The molecule has 2 aromatic heterocycles. The van der Waals surface area contributed by atoms with Crippen LogP contribution in [-0.2, 0) is 4.79 Å². The van der Waals surface area contributed by atoms with Crippen molar-refractivity contribution >= 4 is 12.0 Å². The number of aromatic nitrogens is 5. The van der Waals surface area contributed by atoms with Crippen molar-refractivity contribution in [2.45, 2.75) is 6.92 Å². The number of carbonyl (C=O) groups is 1. The van der Waals surface area contributed by atoms with Crippen LogP contribution in [0, 0.1) is 6.92 Å². The van der Waals surface area contributed by atoms with Gasteiger partial charge in [-0.05, 0) is 42.0 Å². The van der Waals surface area contributed by atoms with Crippen molar-refractivity contribution in [3.8, 4) is 51.4 Å². The Kier molecular flexibility index (Phi) is 7.13. The number of nitrogens with one attached hydrogen (secondary N) is 2. The van der Waals surface area contributed by atoms with E-state index in [4.69, 9.17) is 29.0 Å². The SMILES string of the molecule is COc1ccc(-c2c(C=CCNC(=O)CO)c(C)nc(Oc3ccc4c(c3)OCO4)c2-c2nn[nH]n2)cc1. The van der Waals surface area contributed by atoms with Gasteiger partial charge in [-0.1, -0.05) is 24.3 Å². The number of amides is 1. The first kappa shape index (κ1) is 24.7. The highest BCUT2D eigenvalue weighted by Crippen LogP contribution is 2.43. The molecule has 4 aromatic rings. The number of tetrazole rings is 1. The van der Waals surface area contributed by atoms with Crippen LogP contribution in [0.2, 0.25) is 0 Å². The molecule has 0 fully saturated rings. The lowest BCUT2D eigenvalue weighted by molar-refractivity contribution is -0.123. The molecule has 194 valence electrons. The average Bonchev–Trinajstić information content (AvgIpc) is 3.64. The van der Waals surface area contributed by atoms with Crippen molar-refractivity contribution in [2.75, 3.05) is 27.1 Å². The number of aromatic amines is 1. The van der Waals surface area contributed by atoms with Crippen molar-refractivity contribution in [3.63, 3.8) is 0 Å². The molecular weight excluding hydrogens is 492 g/mol. The van der Waals surface area contributed by atoms with E-state index in [1.54, 1.807) is 31.4 Å². The van der Waals surface area contributed by atoms with Crippen LogP contribution in [0.4, 0.5) is 0 Å². The summed E-state index contributed by atoms with van der Waals surface area (Å²) in [5.74, 6) is 2.46. The summed E-state index contributed by atoms with van der Waals surface area (Å²) in [6, 6.07) is 12.8. The highest BCUT2D eigenvalue weighted by Gasteiger charge is 2.25. The Morgan fingerprint density at radius 2 is 1.92 bits per heavy atom. The molecule has 5 rings (SSSR count). The van der Waals surface area contributed by atoms with Gasteiger partial charge in [0.2, 0.25) is 24.4 Å². The minimum Gasteiger partial charge on any atom is -0.497 e. The molecule has 12 nitrogen and oxygen atoms in total. The van der Waals surface area contributed by atoms with E-state index in [1.165, 1.54) is 0 Å². The van der Waals surface area contributed by atoms with E-state index in [1.807, 2.05) is 37.3 Å². The minimum atomic E-state index is -0.584. The second-order valence-electron chi connectivity index (χ2n) is 8.11. The Labute approximate surface area is 217 Å². The number of aryl methyl sites for hydroxylation is 1. The maximum atomic E-state index is 11.5. The number of fused-ring (bicyclic) bond motifs is 1. The number of aliphatic hydroxyl groups excluding tert-OH is 1. The maximum absolute atomic E-state index is 11.5. The van der Waals surface area contributed by atoms with Gasteiger partial charge in [0, 0.05) is 29.4 Å². The first-order valence-electron chi connectivity index (χ1n) is 11.6. The number of hydrogen-bond donors (Lipinski definition) is 3. The molecule has 3 N–H and O–H groups in total. The van der Waals surface area contributed by atoms with Crippen molar-refractivity contribution in [2.24, 2.45) is 0 Å². The van der Waals surface area contributed by atoms with E-state index in [9.17, 15) is 4.79 Å². The topological polar surface area (TPSA) is 154 Å². The fraction of sp³-hybridized carbons (Fsp3) is 0.192. The number of pyridine rings is 1. The summed E-state index contributed by atoms with van der Waals surface area (Å²) < 4.78 is 22.5. The summed E-state index contributed by atoms with van der Waals surface area (Å²) in [7, 11) is 1.60. The summed E-state index contributed by atoms with van der Waals surface area (Å²) in [6.07, 6.45) is 3.61. The van der Waals surface area contributed by atoms with Gasteiger partial charge < -0.3 is 29.4 Å². The predicted octanol–water partition coefficient (Wildman–Crippen LogP) is 2.89. The second kappa shape index (κ2) is 11.0. The number of nitrogens with zero attached hydrogens (tertiary/aromatic N) is 4. The van der Waals surface area contributed by atoms with Crippen LogP contribution in [0.15, 0.2) is 48.5 Å². The quantitative estimate of drug-likeness (QED) is 0.303. The van der Waals surface area contributed by atoms with Crippen molar-refractivity contribution in [1.29, 1.82) is 0 Å². The Morgan fingerprint density at radius 3 is 2.66 bits per heavy atom. The van der Waals surface area contributed by atoms with E-state index >= 15 is 0 Å². The smallest absolute Gasteiger partial charge is 0.245 e. The molecule has 0 aliphatic carbocycles. The summed E-state index contributed by atoms with van der Waals surface area (Å²) in [4.78, 5) is 16.2. The first-order chi connectivity index (χ1) is 18.6.